The zero-order valence-corrected chi connectivity index (χ0v) is 9.58. The number of benzene rings is 1. The minimum absolute atomic E-state index is 0.128. The first-order chi connectivity index (χ1) is 8.78. The molecule has 2 aromatic heterocycles. The highest BCUT2D eigenvalue weighted by Gasteiger charge is 2.11. The van der Waals surface area contributed by atoms with Gasteiger partial charge in [-0.25, -0.2) is 15.0 Å². The molecule has 0 unspecified atom stereocenters. The van der Waals surface area contributed by atoms with Crippen molar-refractivity contribution in [1.82, 2.24) is 19.9 Å². The van der Waals surface area contributed by atoms with Crippen LogP contribution in [0.2, 0.25) is 0 Å². The largest absolute Gasteiger partial charge is 0.507 e. The molecular formula is C12H10N4O2. The minimum atomic E-state index is 0.128. The maximum Gasteiger partial charge on any atom is 0.181 e. The van der Waals surface area contributed by atoms with E-state index in [4.69, 9.17) is 4.74 Å². The molecule has 0 atom stereocenters. The Bertz CT molecular complexity index is 675. The SMILES string of the molecule is COc1ccc(O)c(-c2nc3ncncc3[nH]2)c1. The molecule has 0 aliphatic heterocycles. The number of nitrogens with one attached hydrogen (secondary N) is 1. The number of imidazole rings is 1. The van der Waals surface area contributed by atoms with E-state index in [0.717, 1.165) is 5.52 Å². The van der Waals surface area contributed by atoms with Crippen molar-refractivity contribution in [2.45, 2.75) is 0 Å². The van der Waals surface area contributed by atoms with E-state index in [1.807, 2.05) is 0 Å². The number of phenols is 1. The van der Waals surface area contributed by atoms with Gasteiger partial charge in [0.2, 0.25) is 0 Å². The number of aromatic hydroxyl groups is 1. The van der Waals surface area contributed by atoms with Crippen molar-refractivity contribution in [3.63, 3.8) is 0 Å². The normalized spacial score (nSPS) is 10.7. The molecule has 0 bridgehead atoms. The van der Waals surface area contributed by atoms with Gasteiger partial charge < -0.3 is 14.8 Å². The van der Waals surface area contributed by atoms with Crippen LogP contribution in [0, 0.1) is 0 Å². The van der Waals surface area contributed by atoms with Gasteiger partial charge in [0.15, 0.2) is 5.65 Å². The predicted octanol–water partition coefficient (Wildman–Crippen LogP) is 1.73. The Balaban J connectivity index is 2.19. The number of fused-ring (bicyclic) bond motifs is 1. The van der Waals surface area contributed by atoms with Gasteiger partial charge in [0.05, 0.1) is 18.9 Å². The molecule has 90 valence electrons. The molecule has 0 fully saturated rings. The minimum Gasteiger partial charge on any atom is -0.507 e. The zero-order valence-electron chi connectivity index (χ0n) is 9.58. The second kappa shape index (κ2) is 3.99. The Labute approximate surface area is 102 Å². The summed E-state index contributed by atoms with van der Waals surface area (Å²) in [6, 6.07) is 4.95. The second-order valence-electron chi connectivity index (χ2n) is 3.73. The van der Waals surface area contributed by atoms with Gasteiger partial charge in [-0.2, -0.15) is 0 Å². The van der Waals surface area contributed by atoms with Crippen LogP contribution in [0.5, 0.6) is 11.5 Å². The van der Waals surface area contributed by atoms with Crippen molar-refractivity contribution in [1.29, 1.82) is 0 Å². The van der Waals surface area contributed by atoms with Crippen LogP contribution in [0.15, 0.2) is 30.7 Å². The average Bonchev–Trinajstić information content (AvgIpc) is 2.82. The van der Waals surface area contributed by atoms with Crippen LogP contribution in [0.4, 0.5) is 0 Å². The van der Waals surface area contributed by atoms with Crippen molar-refractivity contribution < 1.29 is 9.84 Å². The van der Waals surface area contributed by atoms with Crippen LogP contribution in [0.1, 0.15) is 0 Å². The van der Waals surface area contributed by atoms with Crippen LogP contribution in [-0.2, 0) is 0 Å². The van der Waals surface area contributed by atoms with E-state index in [1.54, 1.807) is 31.5 Å². The Kier molecular flexibility index (Phi) is 2.33. The Morgan fingerprint density at radius 1 is 1.33 bits per heavy atom. The lowest BCUT2D eigenvalue weighted by molar-refractivity contribution is 0.412. The first-order valence-electron chi connectivity index (χ1n) is 5.31. The topological polar surface area (TPSA) is 83.9 Å². The summed E-state index contributed by atoms with van der Waals surface area (Å²) in [6.45, 7) is 0. The summed E-state index contributed by atoms with van der Waals surface area (Å²) in [7, 11) is 1.57. The molecule has 1 aromatic carbocycles. The summed E-state index contributed by atoms with van der Waals surface area (Å²) < 4.78 is 5.12. The third kappa shape index (κ3) is 1.64. The van der Waals surface area contributed by atoms with E-state index in [2.05, 4.69) is 19.9 Å². The molecule has 0 aliphatic carbocycles. The number of H-pyrrole nitrogens is 1. The number of nitrogens with zero attached hydrogens (tertiary/aromatic N) is 3. The monoisotopic (exact) mass is 242 g/mol. The Morgan fingerprint density at radius 2 is 2.22 bits per heavy atom. The molecule has 0 amide bonds. The molecule has 0 radical (unpaired) electrons. The van der Waals surface area contributed by atoms with Crippen LogP contribution in [-0.4, -0.2) is 32.2 Å². The first kappa shape index (κ1) is 10.5. The van der Waals surface area contributed by atoms with Gasteiger partial charge in [-0.1, -0.05) is 0 Å². The third-order valence-corrected chi connectivity index (χ3v) is 2.62. The molecule has 18 heavy (non-hydrogen) atoms. The number of methoxy groups -OCH3 is 1. The van der Waals surface area contributed by atoms with Crippen LogP contribution >= 0.6 is 0 Å². The molecule has 3 rings (SSSR count). The van der Waals surface area contributed by atoms with E-state index < -0.39 is 0 Å². The van der Waals surface area contributed by atoms with Crippen molar-refractivity contribution >= 4 is 11.2 Å². The highest BCUT2D eigenvalue weighted by atomic mass is 16.5. The van der Waals surface area contributed by atoms with E-state index in [0.29, 0.717) is 22.8 Å². The first-order valence-corrected chi connectivity index (χ1v) is 5.31. The maximum atomic E-state index is 9.86. The van der Waals surface area contributed by atoms with Gasteiger partial charge in [0.1, 0.15) is 29.2 Å². The molecule has 0 aliphatic rings. The van der Waals surface area contributed by atoms with E-state index in [9.17, 15) is 5.11 Å². The van der Waals surface area contributed by atoms with E-state index in [-0.39, 0.29) is 5.75 Å². The standard InChI is InChI=1S/C12H10N4O2/c1-18-7-2-3-10(17)8(4-7)11-15-9-5-13-6-14-12(9)16-11/h2-6,17H,1H3,(H,13,14,15,16). The fraction of sp³-hybridized carbons (Fsp3) is 0.0833. The number of hydrogen-bond donors (Lipinski definition) is 2. The van der Waals surface area contributed by atoms with Gasteiger partial charge in [-0.15, -0.1) is 0 Å². The third-order valence-electron chi connectivity index (χ3n) is 2.62. The summed E-state index contributed by atoms with van der Waals surface area (Å²) in [5.74, 6) is 1.30. The summed E-state index contributed by atoms with van der Waals surface area (Å²) in [4.78, 5) is 15.3. The molecule has 2 N–H and O–H groups in total. The summed E-state index contributed by atoms with van der Waals surface area (Å²) >= 11 is 0. The molecule has 0 spiro atoms. The molecule has 2 heterocycles. The number of aromatic nitrogens is 4. The van der Waals surface area contributed by atoms with Crippen LogP contribution in [0.3, 0.4) is 0 Å². The Hall–Kier alpha value is -2.63. The van der Waals surface area contributed by atoms with Crippen molar-refractivity contribution in [2.75, 3.05) is 7.11 Å². The summed E-state index contributed by atoms with van der Waals surface area (Å²) in [5.41, 5.74) is 1.84. The van der Waals surface area contributed by atoms with E-state index in [1.165, 1.54) is 6.33 Å². The lowest BCUT2D eigenvalue weighted by Gasteiger charge is -2.04. The zero-order chi connectivity index (χ0) is 12.5. The molecule has 6 nitrogen and oxygen atoms in total. The fourth-order valence-corrected chi connectivity index (χ4v) is 1.72. The molecule has 0 saturated heterocycles. The quantitative estimate of drug-likeness (QED) is 0.715. The van der Waals surface area contributed by atoms with Crippen molar-refractivity contribution in [2.24, 2.45) is 0 Å². The number of ether oxygens (including phenoxy) is 1. The van der Waals surface area contributed by atoms with Gasteiger partial charge in [0, 0.05) is 0 Å². The molecule has 3 aromatic rings. The van der Waals surface area contributed by atoms with Crippen molar-refractivity contribution in [3.8, 4) is 22.9 Å². The smallest absolute Gasteiger partial charge is 0.181 e. The fourth-order valence-electron chi connectivity index (χ4n) is 1.72. The maximum absolute atomic E-state index is 9.86. The summed E-state index contributed by atoms with van der Waals surface area (Å²) in [6.07, 6.45) is 3.06. The Morgan fingerprint density at radius 3 is 3.00 bits per heavy atom. The van der Waals surface area contributed by atoms with Gasteiger partial charge in [0.25, 0.3) is 0 Å². The number of hydrogen-bond acceptors (Lipinski definition) is 5. The number of aromatic amines is 1. The average molecular weight is 242 g/mol. The number of rotatable bonds is 2. The predicted molar refractivity (Wildman–Crippen MR) is 65.3 cm³/mol. The lowest BCUT2D eigenvalue weighted by atomic mass is 10.2. The second-order valence-corrected chi connectivity index (χ2v) is 3.73. The lowest BCUT2D eigenvalue weighted by Crippen LogP contribution is -1.86. The molecule has 0 saturated carbocycles. The van der Waals surface area contributed by atoms with Gasteiger partial charge in [-0.3, -0.25) is 0 Å². The van der Waals surface area contributed by atoms with Gasteiger partial charge >= 0.3 is 0 Å². The van der Waals surface area contributed by atoms with Gasteiger partial charge in [-0.05, 0) is 18.2 Å². The van der Waals surface area contributed by atoms with Crippen LogP contribution < -0.4 is 4.74 Å². The van der Waals surface area contributed by atoms with E-state index >= 15 is 0 Å². The summed E-state index contributed by atoms with van der Waals surface area (Å²) in [5, 5.41) is 9.86. The highest BCUT2D eigenvalue weighted by molar-refractivity contribution is 5.77. The van der Waals surface area contributed by atoms with Crippen LogP contribution in [0.25, 0.3) is 22.6 Å². The van der Waals surface area contributed by atoms with Crippen molar-refractivity contribution in [3.05, 3.63) is 30.7 Å². The molecular weight excluding hydrogens is 232 g/mol. The molecule has 6 heteroatoms. The highest BCUT2D eigenvalue weighted by Crippen LogP contribution is 2.31. The number of phenolic OH excluding ortho intramolecular Hbond substituents is 1.